The molecule has 2 nitrogen and oxygen atoms in total. The van der Waals surface area contributed by atoms with Crippen LogP contribution in [0, 0.1) is 5.92 Å². The molecule has 0 aliphatic heterocycles. The molecule has 0 spiro atoms. The van der Waals surface area contributed by atoms with Crippen molar-refractivity contribution in [1.29, 1.82) is 0 Å². The minimum Gasteiger partial charge on any atom is -0.301 e. The number of nitrogens with one attached hydrogen (secondary N) is 1. The second-order valence-corrected chi connectivity index (χ2v) is 2.44. The molecular formula is C6H13F2NO. The Kier molecular flexibility index (Phi) is 5.43. The molecule has 0 radical (unpaired) electrons. The molecule has 0 aromatic carbocycles. The van der Waals surface area contributed by atoms with Crippen molar-refractivity contribution in [2.24, 2.45) is 5.92 Å². The summed E-state index contributed by atoms with van der Waals surface area (Å²) in [7, 11) is 0. The van der Waals surface area contributed by atoms with Crippen LogP contribution in [0.2, 0.25) is 0 Å². The fourth-order valence-electron chi connectivity index (χ4n) is 0.348. The van der Waals surface area contributed by atoms with Crippen LogP contribution in [-0.2, 0) is 4.84 Å². The molecule has 10 heavy (non-hydrogen) atoms. The van der Waals surface area contributed by atoms with Crippen molar-refractivity contribution >= 4 is 0 Å². The standard InChI is InChI=1S/C6H13F2NO/c1-5(2)4-10-9-3-6(7)8/h5-6,9H,3-4H2,1-2H3. The highest BCUT2D eigenvalue weighted by atomic mass is 19.3. The highest BCUT2D eigenvalue weighted by Crippen LogP contribution is 1.91. The lowest BCUT2D eigenvalue weighted by Gasteiger charge is -2.06. The van der Waals surface area contributed by atoms with E-state index in [2.05, 4.69) is 10.3 Å². The largest absolute Gasteiger partial charge is 0.301 e. The Hall–Kier alpha value is -0.220. The van der Waals surface area contributed by atoms with Crippen molar-refractivity contribution in [1.82, 2.24) is 5.48 Å². The summed E-state index contributed by atoms with van der Waals surface area (Å²) in [6.07, 6.45) is -2.34. The Morgan fingerprint density at radius 2 is 2.00 bits per heavy atom. The average molecular weight is 153 g/mol. The van der Waals surface area contributed by atoms with E-state index in [1.54, 1.807) is 0 Å². The molecule has 1 N–H and O–H groups in total. The second-order valence-electron chi connectivity index (χ2n) is 2.44. The monoisotopic (exact) mass is 153 g/mol. The zero-order chi connectivity index (χ0) is 7.98. The third-order valence-electron chi connectivity index (χ3n) is 0.756. The quantitative estimate of drug-likeness (QED) is 0.476. The predicted molar refractivity (Wildman–Crippen MR) is 34.8 cm³/mol. The lowest BCUT2D eigenvalue weighted by molar-refractivity contribution is -0.00650. The van der Waals surface area contributed by atoms with Gasteiger partial charge < -0.3 is 4.84 Å². The molecule has 0 saturated carbocycles. The van der Waals surface area contributed by atoms with Gasteiger partial charge in [-0.1, -0.05) is 13.8 Å². The number of hydrogen-bond acceptors (Lipinski definition) is 2. The Bertz CT molecular complexity index is 68.1. The summed E-state index contributed by atoms with van der Waals surface area (Å²) in [4.78, 5) is 4.68. The van der Waals surface area contributed by atoms with Gasteiger partial charge in [-0.3, -0.25) is 0 Å². The first-order valence-corrected chi connectivity index (χ1v) is 3.25. The summed E-state index contributed by atoms with van der Waals surface area (Å²) in [6.45, 7) is 3.97. The van der Waals surface area contributed by atoms with E-state index in [4.69, 9.17) is 0 Å². The molecule has 0 heterocycles. The van der Waals surface area contributed by atoms with E-state index in [0.29, 0.717) is 12.5 Å². The van der Waals surface area contributed by atoms with Crippen molar-refractivity contribution in [3.8, 4) is 0 Å². The molecule has 0 aliphatic rings. The first kappa shape index (κ1) is 9.78. The first-order chi connectivity index (χ1) is 4.63. The van der Waals surface area contributed by atoms with Crippen LogP contribution in [0.1, 0.15) is 13.8 Å². The minimum atomic E-state index is -2.34. The van der Waals surface area contributed by atoms with Crippen molar-refractivity contribution in [2.45, 2.75) is 20.3 Å². The third-order valence-corrected chi connectivity index (χ3v) is 0.756. The SMILES string of the molecule is CC(C)CONCC(F)F. The van der Waals surface area contributed by atoms with Gasteiger partial charge in [-0.05, 0) is 5.92 Å². The Labute approximate surface area is 59.5 Å². The van der Waals surface area contributed by atoms with Crippen LogP contribution in [0.25, 0.3) is 0 Å². The molecule has 62 valence electrons. The molecule has 0 unspecified atom stereocenters. The molecule has 0 saturated heterocycles. The molecule has 0 amide bonds. The topological polar surface area (TPSA) is 21.3 Å². The van der Waals surface area contributed by atoms with Gasteiger partial charge in [0.2, 0.25) is 0 Å². The molecule has 0 fully saturated rings. The summed E-state index contributed by atoms with van der Waals surface area (Å²) in [5, 5.41) is 0. The maximum absolute atomic E-state index is 11.4. The van der Waals surface area contributed by atoms with Crippen LogP contribution in [0.3, 0.4) is 0 Å². The Morgan fingerprint density at radius 3 is 2.40 bits per heavy atom. The van der Waals surface area contributed by atoms with Crippen molar-refractivity contribution in [2.75, 3.05) is 13.2 Å². The van der Waals surface area contributed by atoms with Gasteiger partial charge >= 0.3 is 0 Å². The maximum atomic E-state index is 11.4. The molecule has 0 aromatic heterocycles. The molecule has 0 aliphatic carbocycles. The minimum absolute atomic E-state index is 0.366. The van der Waals surface area contributed by atoms with E-state index in [1.807, 2.05) is 13.8 Å². The number of hydroxylamine groups is 1. The fraction of sp³-hybridized carbons (Fsp3) is 1.00. The molecule has 0 rings (SSSR count). The van der Waals surface area contributed by atoms with Gasteiger partial charge in [0, 0.05) is 0 Å². The summed E-state index contributed by atoms with van der Waals surface area (Å²) >= 11 is 0. The fourth-order valence-corrected chi connectivity index (χ4v) is 0.348. The van der Waals surface area contributed by atoms with Gasteiger partial charge in [0.1, 0.15) is 0 Å². The van der Waals surface area contributed by atoms with Gasteiger partial charge in [-0.25, -0.2) is 8.78 Å². The van der Waals surface area contributed by atoms with Gasteiger partial charge in [0.05, 0.1) is 13.2 Å². The van der Waals surface area contributed by atoms with Crippen LogP contribution in [-0.4, -0.2) is 19.6 Å². The summed E-state index contributed by atoms with van der Waals surface area (Å²) < 4.78 is 22.8. The zero-order valence-electron chi connectivity index (χ0n) is 6.23. The van der Waals surface area contributed by atoms with Gasteiger partial charge in [-0.15, -0.1) is 0 Å². The van der Waals surface area contributed by atoms with Crippen LogP contribution >= 0.6 is 0 Å². The summed E-state index contributed by atoms with van der Waals surface area (Å²) in [5.41, 5.74) is 2.17. The van der Waals surface area contributed by atoms with E-state index in [9.17, 15) is 8.78 Å². The van der Waals surface area contributed by atoms with E-state index in [0.717, 1.165) is 0 Å². The van der Waals surface area contributed by atoms with Crippen LogP contribution < -0.4 is 5.48 Å². The van der Waals surface area contributed by atoms with Gasteiger partial charge in [0.15, 0.2) is 0 Å². The third kappa shape index (κ3) is 7.78. The summed E-state index contributed by atoms with van der Waals surface area (Å²) in [6, 6.07) is 0. The number of rotatable bonds is 5. The number of alkyl halides is 2. The van der Waals surface area contributed by atoms with Crippen molar-refractivity contribution < 1.29 is 13.6 Å². The lowest BCUT2D eigenvalue weighted by atomic mass is 10.2. The van der Waals surface area contributed by atoms with Gasteiger partial charge in [0.25, 0.3) is 6.43 Å². The van der Waals surface area contributed by atoms with E-state index in [1.165, 1.54) is 0 Å². The van der Waals surface area contributed by atoms with Crippen LogP contribution in [0.5, 0.6) is 0 Å². The Balaban J connectivity index is 2.91. The van der Waals surface area contributed by atoms with Crippen LogP contribution in [0.4, 0.5) is 8.78 Å². The molecule has 4 heteroatoms. The highest BCUT2D eigenvalue weighted by molar-refractivity contribution is 4.39. The van der Waals surface area contributed by atoms with E-state index >= 15 is 0 Å². The van der Waals surface area contributed by atoms with E-state index < -0.39 is 13.0 Å². The second kappa shape index (κ2) is 5.56. The van der Waals surface area contributed by atoms with Crippen LogP contribution in [0.15, 0.2) is 0 Å². The maximum Gasteiger partial charge on any atom is 0.253 e. The van der Waals surface area contributed by atoms with E-state index in [-0.39, 0.29) is 0 Å². The molecule has 0 atom stereocenters. The smallest absolute Gasteiger partial charge is 0.253 e. The average Bonchev–Trinajstić information content (AvgIpc) is 1.79. The molecular weight excluding hydrogens is 140 g/mol. The van der Waals surface area contributed by atoms with Gasteiger partial charge in [-0.2, -0.15) is 5.48 Å². The number of halogens is 2. The first-order valence-electron chi connectivity index (χ1n) is 3.25. The summed E-state index contributed by atoms with van der Waals surface area (Å²) in [5.74, 6) is 0.366. The zero-order valence-corrected chi connectivity index (χ0v) is 6.23. The Morgan fingerprint density at radius 1 is 1.40 bits per heavy atom. The number of hydrogen-bond donors (Lipinski definition) is 1. The van der Waals surface area contributed by atoms with Crippen molar-refractivity contribution in [3.63, 3.8) is 0 Å². The highest BCUT2D eigenvalue weighted by Gasteiger charge is 2.00. The normalized spacial score (nSPS) is 11.4. The molecule has 0 bridgehead atoms. The molecule has 0 aromatic rings. The predicted octanol–water partition coefficient (Wildman–Crippen LogP) is 1.43. The van der Waals surface area contributed by atoms with Crippen molar-refractivity contribution in [3.05, 3.63) is 0 Å². The lowest BCUT2D eigenvalue weighted by Crippen LogP contribution is -2.23.